The quantitative estimate of drug-likeness (QED) is 0.836. The zero-order valence-corrected chi connectivity index (χ0v) is 12.3. The topological polar surface area (TPSA) is 21.3 Å². The average molecular weight is 261 g/mol. The van der Waals surface area contributed by atoms with Crippen molar-refractivity contribution < 1.29 is 4.74 Å². The Kier molecular flexibility index (Phi) is 5.71. The van der Waals surface area contributed by atoms with E-state index in [4.69, 9.17) is 4.74 Å². The predicted octanol–water partition coefficient (Wildman–Crippen LogP) is 3.97. The van der Waals surface area contributed by atoms with E-state index in [0.29, 0.717) is 5.92 Å². The minimum Gasteiger partial charge on any atom is -0.494 e. The van der Waals surface area contributed by atoms with Gasteiger partial charge in [-0.1, -0.05) is 32.4 Å². The molecular formula is C17H27NO. The van der Waals surface area contributed by atoms with E-state index >= 15 is 0 Å². The first kappa shape index (κ1) is 14.4. The van der Waals surface area contributed by atoms with Crippen molar-refractivity contribution >= 4 is 0 Å². The van der Waals surface area contributed by atoms with Crippen molar-refractivity contribution in [3.05, 3.63) is 29.8 Å². The lowest BCUT2D eigenvalue weighted by Crippen LogP contribution is -2.35. The highest BCUT2D eigenvalue weighted by Crippen LogP contribution is 2.34. The molecule has 19 heavy (non-hydrogen) atoms. The van der Waals surface area contributed by atoms with Crippen LogP contribution in [0, 0.1) is 5.92 Å². The van der Waals surface area contributed by atoms with Crippen molar-refractivity contribution in [2.75, 3.05) is 19.7 Å². The Morgan fingerprint density at radius 2 is 2.16 bits per heavy atom. The third-order valence-electron chi connectivity index (χ3n) is 4.03. The number of hydrogen-bond acceptors (Lipinski definition) is 2. The molecule has 0 amide bonds. The van der Waals surface area contributed by atoms with Gasteiger partial charge < -0.3 is 10.1 Å². The number of nitrogens with one attached hydrogen (secondary N) is 1. The second kappa shape index (κ2) is 7.54. The maximum Gasteiger partial charge on any atom is 0.119 e. The summed E-state index contributed by atoms with van der Waals surface area (Å²) in [5.41, 5.74) is 1.47. The highest BCUT2D eigenvalue weighted by Gasteiger charge is 2.25. The lowest BCUT2D eigenvalue weighted by molar-refractivity contribution is 0.301. The van der Waals surface area contributed by atoms with Gasteiger partial charge in [-0.2, -0.15) is 0 Å². The number of piperidine rings is 1. The molecule has 0 spiro atoms. The van der Waals surface area contributed by atoms with Gasteiger partial charge in [-0.15, -0.1) is 0 Å². The molecule has 1 heterocycles. The van der Waals surface area contributed by atoms with Gasteiger partial charge in [0.2, 0.25) is 0 Å². The lowest BCUT2D eigenvalue weighted by Gasteiger charge is -2.32. The van der Waals surface area contributed by atoms with Crippen molar-refractivity contribution in [1.82, 2.24) is 5.32 Å². The van der Waals surface area contributed by atoms with Crippen LogP contribution in [0.15, 0.2) is 24.3 Å². The Labute approximate surface area is 117 Å². The van der Waals surface area contributed by atoms with Crippen LogP contribution in [0.3, 0.4) is 0 Å². The summed E-state index contributed by atoms with van der Waals surface area (Å²) >= 11 is 0. The van der Waals surface area contributed by atoms with Crippen LogP contribution in [0.1, 0.15) is 51.0 Å². The average Bonchev–Trinajstić information content (AvgIpc) is 2.46. The largest absolute Gasteiger partial charge is 0.494 e. The molecule has 0 bridgehead atoms. The van der Waals surface area contributed by atoms with E-state index in [0.717, 1.165) is 31.2 Å². The molecule has 0 radical (unpaired) electrons. The third-order valence-corrected chi connectivity index (χ3v) is 4.03. The highest BCUT2D eigenvalue weighted by molar-refractivity contribution is 5.31. The Morgan fingerprint density at radius 1 is 1.26 bits per heavy atom. The minimum atomic E-state index is 0.700. The molecule has 2 heteroatoms. The van der Waals surface area contributed by atoms with Crippen LogP contribution in [0.5, 0.6) is 5.75 Å². The Balaban J connectivity index is 2.09. The zero-order valence-electron chi connectivity index (χ0n) is 12.3. The first-order valence-corrected chi connectivity index (χ1v) is 7.78. The number of hydrogen-bond donors (Lipinski definition) is 1. The molecule has 1 saturated heterocycles. The Hall–Kier alpha value is -1.02. The first-order valence-electron chi connectivity index (χ1n) is 7.78. The van der Waals surface area contributed by atoms with E-state index in [-0.39, 0.29) is 0 Å². The van der Waals surface area contributed by atoms with E-state index < -0.39 is 0 Å². The fraction of sp³-hybridized carbons (Fsp3) is 0.647. The van der Waals surface area contributed by atoms with E-state index in [1.807, 2.05) is 0 Å². The maximum absolute atomic E-state index is 5.77. The van der Waals surface area contributed by atoms with Crippen LogP contribution in [0.4, 0.5) is 0 Å². The van der Waals surface area contributed by atoms with Gasteiger partial charge in [-0.25, -0.2) is 0 Å². The molecule has 2 unspecified atom stereocenters. The molecule has 0 aliphatic carbocycles. The van der Waals surface area contributed by atoms with E-state index in [1.54, 1.807) is 0 Å². The van der Waals surface area contributed by atoms with Crippen LogP contribution < -0.4 is 10.1 Å². The van der Waals surface area contributed by atoms with Crippen LogP contribution >= 0.6 is 0 Å². The van der Waals surface area contributed by atoms with Crippen molar-refractivity contribution in [3.8, 4) is 5.75 Å². The molecular weight excluding hydrogens is 234 g/mol. The number of ether oxygens (including phenoxy) is 1. The van der Waals surface area contributed by atoms with Crippen molar-refractivity contribution in [2.45, 2.75) is 45.4 Å². The van der Waals surface area contributed by atoms with E-state index in [2.05, 4.69) is 43.4 Å². The monoisotopic (exact) mass is 261 g/mol. The first-order chi connectivity index (χ1) is 9.35. The van der Waals surface area contributed by atoms with Gasteiger partial charge in [0.25, 0.3) is 0 Å². The van der Waals surface area contributed by atoms with Gasteiger partial charge >= 0.3 is 0 Å². The fourth-order valence-electron chi connectivity index (χ4n) is 3.09. The molecule has 1 aliphatic rings. The number of rotatable bonds is 6. The van der Waals surface area contributed by atoms with Crippen molar-refractivity contribution in [2.24, 2.45) is 5.92 Å². The van der Waals surface area contributed by atoms with Gasteiger partial charge in [-0.3, -0.25) is 0 Å². The summed E-state index contributed by atoms with van der Waals surface area (Å²) in [6.07, 6.45) is 4.91. The summed E-state index contributed by atoms with van der Waals surface area (Å²) in [5.74, 6) is 2.51. The summed E-state index contributed by atoms with van der Waals surface area (Å²) in [4.78, 5) is 0. The van der Waals surface area contributed by atoms with Gasteiger partial charge in [-0.05, 0) is 61.9 Å². The van der Waals surface area contributed by atoms with Crippen molar-refractivity contribution in [3.63, 3.8) is 0 Å². The Bertz CT molecular complexity index is 375. The SMILES string of the molecule is CCCOc1cccc(C2CCNCC2CCC)c1. The van der Waals surface area contributed by atoms with Gasteiger partial charge in [0.15, 0.2) is 0 Å². The summed E-state index contributed by atoms with van der Waals surface area (Å²) in [6, 6.07) is 8.76. The zero-order chi connectivity index (χ0) is 13.5. The second-order valence-corrected chi connectivity index (χ2v) is 5.57. The third kappa shape index (κ3) is 3.97. The number of benzene rings is 1. The molecule has 2 atom stereocenters. The molecule has 1 aromatic rings. The molecule has 1 N–H and O–H groups in total. The second-order valence-electron chi connectivity index (χ2n) is 5.57. The van der Waals surface area contributed by atoms with Gasteiger partial charge in [0.05, 0.1) is 6.61 Å². The fourth-order valence-corrected chi connectivity index (χ4v) is 3.09. The molecule has 0 saturated carbocycles. The predicted molar refractivity (Wildman–Crippen MR) is 80.9 cm³/mol. The van der Waals surface area contributed by atoms with Gasteiger partial charge in [0, 0.05) is 0 Å². The standard InChI is InChI=1S/C17H27NO/c1-3-6-15-13-18-10-9-17(15)14-7-5-8-16(12-14)19-11-4-2/h5,7-8,12,15,17-18H,3-4,6,9-11,13H2,1-2H3. The molecule has 2 rings (SSSR count). The lowest BCUT2D eigenvalue weighted by atomic mass is 9.79. The summed E-state index contributed by atoms with van der Waals surface area (Å²) in [6.45, 7) is 7.55. The van der Waals surface area contributed by atoms with Crippen molar-refractivity contribution in [1.29, 1.82) is 0 Å². The molecule has 1 fully saturated rings. The minimum absolute atomic E-state index is 0.700. The summed E-state index contributed by atoms with van der Waals surface area (Å²) in [7, 11) is 0. The van der Waals surface area contributed by atoms with E-state index in [9.17, 15) is 0 Å². The molecule has 1 aliphatic heterocycles. The molecule has 1 aromatic carbocycles. The summed E-state index contributed by atoms with van der Waals surface area (Å²) < 4.78 is 5.77. The van der Waals surface area contributed by atoms with Gasteiger partial charge in [0.1, 0.15) is 5.75 Å². The highest BCUT2D eigenvalue weighted by atomic mass is 16.5. The normalized spacial score (nSPS) is 23.3. The molecule has 0 aromatic heterocycles. The maximum atomic E-state index is 5.77. The van der Waals surface area contributed by atoms with Crippen LogP contribution in [0.2, 0.25) is 0 Å². The Morgan fingerprint density at radius 3 is 2.95 bits per heavy atom. The van der Waals surface area contributed by atoms with Crippen LogP contribution in [-0.4, -0.2) is 19.7 Å². The molecule has 106 valence electrons. The van der Waals surface area contributed by atoms with Crippen LogP contribution in [-0.2, 0) is 0 Å². The molecule has 2 nitrogen and oxygen atoms in total. The summed E-state index contributed by atoms with van der Waals surface area (Å²) in [5, 5.41) is 3.54. The van der Waals surface area contributed by atoms with Crippen LogP contribution in [0.25, 0.3) is 0 Å². The smallest absolute Gasteiger partial charge is 0.119 e. The van der Waals surface area contributed by atoms with E-state index in [1.165, 1.54) is 31.4 Å².